The van der Waals surface area contributed by atoms with Crippen molar-refractivity contribution in [2.45, 2.75) is 58.2 Å². The zero-order valence-electron chi connectivity index (χ0n) is 25.2. The van der Waals surface area contributed by atoms with Gasteiger partial charge in [-0.25, -0.2) is 24.3 Å². The van der Waals surface area contributed by atoms with Gasteiger partial charge in [-0.05, 0) is 87.1 Å². The maximum atomic E-state index is 13.5. The summed E-state index contributed by atoms with van der Waals surface area (Å²) in [5.74, 6) is -1.80. The Bertz CT molecular complexity index is 1570. The molecule has 3 heterocycles. The lowest BCUT2D eigenvalue weighted by atomic mass is 9.82. The van der Waals surface area contributed by atoms with E-state index in [0.717, 1.165) is 28.9 Å². The number of fused-ring (bicyclic) bond motifs is 1. The Balaban J connectivity index is 1.37. The first-order valence-electron chi connectivity index (χ1n) is 14.5. The van der Waals surface area contributed by atoms with Gasteiger partial charge in [0.05, 0.1) is 19.6 Å². The van der Waals surface area contributed by atoms with Gasteiger partial charge in [0.15, 0.2) is 6.04 Å². The number of anilines is 2. The monoisotopic (exact) mass is 600 g/mol. The van der Waals surface area contributed by atoms with Crippen LogP contribution >= 0.6 is 0 Å². The highest BCUT2D eigenvalue weighted by molar-refractivity contribution is 6.12. The molecule has 0 spiro atoms. The van der Waals surface area contributed by atoms with Gasteiger partial charge in [0, 0.05) is 18.4 Å². The summed E-state index contributed by atoms with van der Waals surface area (Å²) < 4.78 is 10.9. The van der Waals surface area contributed by atoms with Crippen molar-refractivity contribution in [1.29, 1.82) is 0 Å². The molecule has 11 nitrogen and oxygen atoms in total. The van der Waals surface area contributed by atoms with Crippen LogP contribution in [0.2, 0.25) is 0 Å². The molecule has 2 aromatic carbocycles. The molecule has 2 atom stereocenters. The van der Waals surface area contributed by atoms with Crippen molar-refractivity contribution in [2.24, 2.45) is 5.92 Å². The van der Waals surface area contributed by atoms with E-state index in [1.165, 1.54) is 16.0 Å². The van der Waals surface area contributed by atoms with Crippen LogP contribution < -0.4 is 14.5 Å². The normalized spacial score (nSPS) is 17.8. The van der Waals surface area contributed by atoms with Gasteiger partial charge in [0.25, 0.3) is 0 Å². The van der Waals surface area contributed by atoms with Gasteiger partial charge >= 0.3 is 18.1 Å². The Hall–Kier alpha value is -4.93. The second kappa shape index (κ2) is 12.4. The molecule has 0 aliphatic carbocycles. The average molecular weight is 601 g/mol. The minimum absolute atomic E-state index is 0.0520. The van der Waals surface area contributed by atoms with Gasteiger partial charge in [-0.15, -0.1) is 0 Å². The van der Waals surface area contributed by atoms with Gasteiger partial charge < -0.3 is 14.6 Å². The number of imide groups is 1. The number of carbonyl (C=O) groups is 4. The largest absolute Gasteiger partial charge is 0.497 e. The van der Waals surface area contributed by atoms with Crippen LogP contribution in [0.25, 0.3) is 0 Å². The van der Waals surface area contributed by atoms with Gasteiger partial charge in [0.1, 0.15) is 17.2 Å². The molecule has 2 aliphatic rings. The summed E-state index contributed by atoms with van der Waals surface area (Å²) in [6, 6.07) is 16.1. The van der Waals surface area contributed by atoms with E-state index in [1.54, 1.807) is 52.1 Å². The number of nitrogens with zero attached hydrogens (tertiary/aromatic N) is 4. The lowest BCUT2D eigenvalue weighted by molar-refractivity contribution is -0.165. The molecule has 0 bridgehead atoms. The number of aliphatic carboxylic acids is 1. The number of para-hydroxylation sites is 1. The number of aryl methyl sites for hydroxylation is 1. The van der Waals surface area contributed by atoms with Crippen molar-refractivity contribution in [3.05, 3.63) is 83.6 Å². The molecule has 0 unspecified atom stereocenters. The van der Waals surface area contributed by atoms with E-state index >= 15 is 0 Å². The Kier molecular flexibility index (Phi) is 8.57. The summed E-state index contributed by atoms with van der Waals surface area (Å²) in [5, 5.41) is 10.1. The number of rotatable bonds is 7. The zero-order chi connectivity index (χ0) is 31.6. The van der Waals surface area contributed by atoms with Crippen LogP contribution in [-0.4, -0.2) is 64.3 Å². The fourth-order valence-electron chi connectivity index (χ4n) is 5.56. The minimum atomic E-state index is -1.32. The number of methoxy groups -OCH3 is 1. The van der Waals surface area contributed by atoms with Crippen LogP contribution in [0.15, 0.2) is 66.9 Å². The van der Waals surface area contributed by atoms with E-state index in [1.807, 2.05) is 36.4 Å². The SMILES string of the molecule is COc1ccc(CN(C(=O)OC(C)(C)C)c2cc(C[C@H]3C(=O)N(C(=O)N4CCCc5ccccc54)[C@@H]3C(=O)O)ccn2)cc1. The summed E-state index contributed by atoms with van der Waals surface area (Å²) in [5.41, 5.74) is 2.32. The van der Waals surface area contributed by atoms with Crippen LogP contribution in [0.1, 0.15) is 43.9 Å². The molecule has 0 radical (unpaired) electrons. The number of carboxylic acid groups (broad SMARTS) is 1. The summed E-state index contributed by atoms with van der Waals surface area (Å²) in [4.78, 5) is 60.7. The number of aromatic nitrogens is 1. The second-order valence-electron chi connectivity index (χ2n) is 11.9. The Morgan fingerprint density at radius 1 is 1.05 bits per heavy atom. The number of benzene rings is 2. The number of β-lactam (4-membered cyclic amide) rings is 1. The molecule has 1 N–H and O–H groups in total. The molecule has 1 aromatic heterocycles. The van der Waals surface area contributed by atoms with Crippen molar-refractivity contribution in [2.75, 3.05) is 23.5 Å². The highest BCUT2D eigenvalue weighted by Gasteiger charge is 2.56. The topological polar surface area (TPSA) is 130 Å². The number of ether oxygens (including phenoxy) is 2. The minimum Gasteiger partial charge on any atom is -0.497 e. The van der Waals surface area contributed by atoms with E-state index in [2.05, 4.69) is 4.98 Å². The lowest BCUT2D eigenvalue weighted by Crippen LogP contribution is -2.69. The number of carboxylic acids is 1. The molecule has 44 heavy (non-hydrogen) atoms. The molecule has 1 fully saturated rings. The lowest BCUT2D eigenvalue weighted by Gasteiger charge is -2.45. The van der Waals surface area contributed by atoms with E-state index in [9.17, 15) is 24.3 Å². The highest BCUT2D eigenvalue weighted by Crippen LogP contribution is 2.35. The molecule has 230 valence electrons. The Labute approximate surface area is 256 Å². The summed E-state index contributed by atoms with van der Waals surface area (Å²) in [6.45, 7) is 5.85. The number of hydrogen-bond donors (Lipinski definition) is 1. The summed E-state index contributed by atoms with van der Waals surface area (Å²) >= 11 is 0. The molecule has 3 aromatic rings. The third-order valence-electron chi connectivity index (χ3n) is 7.67. The van der Waals surface area contributed by atoms with Crippen molar-refractivity contribution < 1.29 is 33.8 Å². The van der Waals surface area contributed by atoms with Crippen LogP contribution in [0.4, 0.5) is 21.1 Å². The molecule has 4 amide bonds. The summed E-state index contributed by atoms with van der Waals surface area (Å²) in [6.07, 6.45) is 2.47. The number of amides is 4. The van der Waals surface area contributed by atoms with Crippen LogP contribution in [0.5, 0.6) is 5.75 Å². The van der Waals surface area contributed by atoms with Gasteiger partial charge in [-0.1, -0.05) is 30.3 Å². The van der Waals surface area contributed by atoms with E-state index in [-0.39, 0.29) is 18.8 Å². The standard InChI is InChI=1S/C33H36N4O7/c1-33(2,3)44-32(42)36(20-21-11-13-24(43-4)14-12-21)27-19-22(15-16-34-27)18-25-28(30(39)40)37(29(25)38)31(41)35-17-7-9-23-8-5-6-10-26(23)35/h5-6,8,10-16,19,25,28H,7,9,17-18,20H2,1-4H3,(H,39,40)/t25-,28+/m1/s1. The predicted octanol–water partition coefficient (Wildman–Crippen LogP) is 5.06. The van der Waals surface area contributed by atoms with Crippen molar-refractivity contribution >= 4 is 35.5 Å². The Morgan fingerprint density at radius 2 is 1.77 bits per heavy atom. The van der Waals surface area contributed by atoms with Gasteiger partial charge in [-0.3, -0.25) is 14.6 Å². The first kappa shape index (κ1) is 30.5. The molecule has 11 heteroatoms. The van der Waals surface area contributed by atoms with Crippen molar-refractivity contribution in [1.82, 2.24) is 9.88 Å². The highest BCUT2D eigenvalue weighted by atomic mass is 16.6. The smallest absolute Gasteiger partial charge is 0.416 e. The third-order valence-corrected chi connectivity index (χ3v) is 7.67. The number of hydrogen-bond acceptors (Lipinski definition) is 7. The van der Waals surface area contributed by atoms with Crippen LogP contribution in [0, 0.1) is 5.92 Å². The molecule has 1 saturated heterocycles. The maximum Gasteiger partial charge on any atom is 0.416 e. The first-order valence-corrected chi connectivity index (χ1v) is 14.5. The predicted molar refractivity (Wildman–Crippen MR) is 163 cm³/mol. The van der Waals surface area contributed by atoms with E-state index in [4.69, 9.17) is 9.47 Å². The second-order valence-corrected chi connectivity index (χ2v) is 11.9. The number of carbonyl (C=O) groups excluding carboxylic acids is 3. The van der Waals surface area contributed by atoms with Crippen LogP contribution in [0.3, 0.4) is 0 Å². The summed E-state index contributed by atoms with van der Waals surface area (Å²) in [7, 11) is 1.57. The molecule has 0 saturated carbocycles. The molecule has 2 aliphatic heterocycles. The molecule has 5 rings (SSSR count). The van der Waals surface area contributed by atoms with Gasteiger partial charge in [0.2, 0.25) is 5.91 Å². The van der Waals surface area contributed by atoms with Crippen molar-refractivity contribution in [3.63, 3.8) is 0 Å². The van der Waals surface area contributed by atoms with E-state index < -0.39 is 41.6 Å². The number of likely N-dealkylation sites (tertiary alicyclic amines) is 1. The zero-order valence-corrected chi connectivity index (χ0v) is 25.2. The first-order chi connectivity index (χ1) is 21.0. The van der Waals surface area contributed by atoms with Gasteiger partial charge in [-0.2, -0.15) is 0 Å². The average Bonchev–Trinajstić information content (AvgIpc) is 3.00. The number of urea groups is 1. The van der Waals surface area contributed by atoms with Crippen molar-refractivity contribution in [3.8, 4) is 5.75 Å². The van der Waals surface area contributed by atoms with E-state index in [0.29, 0.717) is 23.5 Å². The van der Waals surface area contributed by atoms with Crippen LogP contribution in [-0.2, 0) is 33.7 Å². The molecular formula is C33H36N4O7. The molecular weight excluding hydrogens is 564 g/mol. The Morgan fingerprint density at radius 3 is 2.45 bits per heavy atom. The quantitative estimate of drug-likeness (QED) is 0.373. The number of pyridine rings is 1. The maximum absolute atomic E-state index is 13.5. The fraction of sp³-hybridized carbons (Fsp3) is 0.364. The third kappa shape index (κ3) is 6.36. The fourth-order valence-corrected chi connectivity index (χ4v) is 5.56.